The van der Waals surface area contributed by atoms with Crippen molar-refractivity contribution in [3.8, 4) is 0 Å². The summed E-state index contributed by atoms with van der Waals surface area (Å²) >= 11 is 1.46. The third-order valence-electron chi connectivity index (χ3n) is 0.704. The summed E-state index contributed by atoms with van der Waals surface area (Å²) < 4.78 is 0. The van der Waals surface area contributed by atoms with Gasteiger partial charge in [0, 0.05) is 6.42 Å². The van der Waals surface area contributed by atoms with E-state index in [9.17, 15) is 0 Å². The van der Waals surface area contributed by atoms with Crippen LogP contribution in [0.3, 0.4) is 0 Å². The van der Waals surface area contributed by atoms with Gasteiger partial charge in [0.25, 0.3) is 0 Å². The van der Waals surface area contributed by atoms with Crippen LogP contribution in [0.2, 0.25) is 0 Å². The fraction of sp³-hybridized carbons (Fsp3) is 0.250. The summed E-state index contributed by atoms with van der Waals surface area (Å²) in [6.45, 7) is 0. The first-order valence-corrected chi connectivity index (χ1v) is 2.84. The van der Waals surface area contributed by atoms with Crippen LogP contribution in [0, 0.1) is 0 Å². The summed E-state index contributed by atoms with van der Waals surface area (Å²) in [5.41, 5.74) is 0. The molecular weight excluding hydrogens is 110 g/mol. The van der Waals surface area contributed by atoms with Crippen LogP contribution in [0.4, 0.5) is 0 Å². The molecule has 0 atom stereocenters. The Morgan fingerprint density at radius 1 is 1.86 bits per heavy atom. The fourth-order valence-electron chi connectivity index (χ4n) is 0.388. The quantitative estimate of drug-likeness (QED) is 0.382. The highest BCUT2D eigenvalue weighted by molar-refractivity contribution is 8.16. The Labute approximate surface area is 45.9 Å². The lowest BCUT2D eigenvalue weighted by Gasteiger charge is -1.82. The van der Waals surface area contributed by atoms with Gasteiger partial charge in [0.2, 0.25) is 0 Å². The van der Waals surface area contributed by atoms with Crippen molar-refractivity contribution in [1.82, 2.24) is 0 Å². The van der Waals surface area contributed by atoms with Crippen LogP contribution >= 0.6 is 11.8 Å². The molecule has 0 spiro atoms. The first kappa shape index (κ1) is 4.71. The molecule has 0 saturated heterocycles. The average Bonchev–Trinajstić information content (AvgIpc) is 2.14. The number of thioether (sulfide) groups is 1. The van der Waals surface area contributed by atoms with Crippen molar-refractivity contribution in [3.63, 3.8) is 0 Å². The molecule has 0 aromatic carbocycles. The molecule has 0 radical (unpaired) electrons. The lowest BCUT2D eigenvalue weighted by atomic mass is 10.5. The highest BCUT2D eigenvalue weighted by atomic mass is 32.2. The van der Waals surface area contributed by atoms with Gasteiger partial charge in [-0.2, -0.15) is 0 Å². The number of allylic oxidation sites excluding steroid dienone is 1. The van der Waals surface area contributed by atoms with E-state index in [1.807, 2.05) is 11.5 Å². The van der Waals surface area contributed by atoms with Crippen molar-refractivity contribution < 1.29 is 5.21 Å². The summed E-state index contributed by atoms with van der Waals surface area (Å²) in [4.78, 5) is 0. The van der Waals surface area contributed by atoms with Gasteiger partial charge in [-0.15, -0.1) is 0 Å². The van der Waals surface area contributed by atoms with Gasteiger partial charge in [0.1, 0.15) is 5.04 Å². The molecule has 38 valence electrons. The van der Waals surface area contributed by atoms with Gasteiger partial charge in [-0.1, -0.05) is 23.0 Å². The predicted octanol–water partition coefficient (Wildman–Crippen LogP) is 1.42. The zero-order valence-electron chi connectivity index (χ0n) is 3.66. The number of oxime groups is 1. The predicted molar refractivity (Wildman–Crippen MR) is 30.6 cm³/mol. The van der Waals surface area contributed by atoms with E-state index in [1.165, 1.54) is 11.8 Å². The normalized spacial score (nSPS) is 24.3. The minimum absolute atomic E-state index is 0.778. The fourth-order valence-corrected chi connectivity index (χ4v) is 0.977. The molecule has 1 aliphatic rings. The van der Waals surface area contributed by atoms with Gasteiger partial charge < -0.3 is 5.21 Å². The lowest BCUT2D eigenvalue weighted by Crippen LogP contribution is -1.79. The van der Waals surface area contributed by atoms with Crippen LogP contribution < -0.4 is 0 Å². The number of nitrogens with zero attached hydrogens (tertiary/aromatic N) is 1. The summed E-state index contributed by atoms with van der Waals surface area (Å²) in [6, 6.07) is 0. The van der Waals surface area contributed by atoms with Crippen molar-refractivity contribution in [3.05, 3.63) is 11.5 Å². The third kappa shape index (κ3) is 0.962. The van der Waals surface area contributed by atoms with Crippen LogP contribution in [-0.4, -0.2) is 10.3 Å². The first-order chi connectivity index (χ1) is 3.43. The summed E-state index contributed by atoms with van der Waals surface area (Å²) in [5.74, 6) is 0. The molecule has 3 heteroatoms. The Morgan fingerprint density at radius 3 is 3.00 bits per heavy atom. The molecule has 0 aromatic rings. The Kier molecular flexibility index (Phi) is 1.36. The average molecular weight is 115 g/mol. The van der Waals surface area contributed by atoms with E-state index in [1.54, 1.807) is 0 Å². The summed E-state index contributed by atoms with van der Waals surface area (Å²) in [5, 5.41) is 13.8. The van der Waals surface area contributed by atoms with Crippen LogP contribution in [0.1, 0.15) is 6.42 Å². The van der Waals surface area contributed by atoms with Gasteiger partial charge in [-0.25, -0.2) is 0 Å². The second-order valence-electron chi connectivity index (χ2n) is 1.19. The molecule has 0 saturated carbocycles. The van der Waals surface area contributed by atoms with Crippen LogP contribution in [-0.2, 0) is 0 Å². The lowest BCUT2D eigenvalue weighted by molar-refractivity contribution is 0.320. The van der Waals surface area contributed by atoms with E-state index in [0.717, 1.165) is 11.5 Å². The van der Waals surface area contributed by atoms with E-state index in [4.69, 9.17) is 5.21 Å². The molecule has 2 nitrogen and oxygen atoms in total. The van der Waals surface area contributed by atoms with E-state index in [0.29, 0.717) is 0 Å². The van der Waals surface area contributed by atoms with Crippen LogP contribution in [0.5, 0.6) is 0 Å². The van der Waals surface area contributed by atoms with E-state index < -0.39 is 0 Å². The molecule has 0 aliphatic carbocycles. The third-order valence-corrected chi connectivity index (χ3v) is 1.55. The molecule has 1 heterocycles. The van der Waals surface area contributed by atoms with Crippen LogP contribution in [0.25, 0.3) is 0 Å². The topological polar surface area (TPSA) is 32.6 Å². The maximum atomic E-state index is 8.09. The molecule has 1 aliphatic heterocycles. The highest BCUT2D eigenvalue weighted by Gasteiger charge is 2.00. The van der Waals surface area contributed by atoms with Crippen LogP contribution in [0.15, 0.2) is 16.6 Å². The molecule has 7 heavy (non-hydrogen) atoms. The maximum absolute atomic E-state index is 8.09. The van der Waals surface area contributed by atoms with Crippen molar-refractivity contribution in [2.45, 2.75) is 6.42 Å². The number of hydrogen-bond donors (Lipinski definition) is 1. The van der Waals surface area contributed by atoms with Crippen molar-refractivity contribution in [2.24, 2.45) is 5.16 Å². The standard InChI is InChI=1S/C4H5NOS/c6-5-4-2-1-3-7-4/h1,3,6H,2H2/b5-4+. The smallest absolute Gasteiger partial charge is 0.120 e. The second kappa shape index (κ2) is 2.02. The molecule has 0 aromatic heterocycles. The van der Waals surface area contributed by atoms with Gasteiger partial charge in [-0.3, -0.25) is 0 Å². The van der Waals surface area contributed by atoms with Gasteiger partial charge in [0.05, 0.1) is 0 Å². The van der Waals surface area contributed by atoms with E-state index >= 15 is 0 Å². The van der Waals surface area contributed by atoms with Crippen molar-refractivity contribution in [1.29, 1.82) is 0 Å². The molecule has 0 amide bonds. The zero-order valence-corrected chi connectivity index (χ0v) is 4.48. The van der Waals surface area contributed by atoms with Crippen molar-refractivity contribution >= 4 is 16.8 Å². The Hall–Kier alpha value is -0.440. The maximum Gasteiger partial charge on any atom is 0.120 e. The largest absolute Gasteiger partial charge is 0.410 e. The zero-order chi connectivity index (χ0) is 5.11. The van der Waals surface area contributed by atoms with Gasteiger partial charge in [-0.05, 0) is 5.41 Å². The number of rotatable bonds is 0. The number of hydrogen-bond acceptors (Lipinski definition) is 3. The monoisotopic (exact) mass is 115 g/mol. The van der Waals surface area contributed by atoms with E-state index in [2.05, 4.69) is 5.16 Å². The molecule has 0 fully saturated rings. The molecule has 0 unspecified atom stereocenters. The molecule has 1 rings (SSSR count). The van der Waals surface area contributed by atoms with Gasteiger partial charge >= 0.3 is 0 Å². The van der Waals surface area contributed by atoms with E-state index in [-0.39, 0.29) is 0 Å². The highest BCUT2D eigenvalue weighted by Crippen LogP contribution is 2.16. The Morgan fingerprint density at radius 2 is 2.71 bits per heavy atom. The first-order valence-electron chi connectivity index (χ1n) is 1.96. The minimum atomic E-state index is 0.778. The summed E-state index contributed by atoms with van der Waals surface area (Å²) in [7, 11) is 0. The molecular formula is C4H5NOS. The SMILES string of the molecule is O/N=C1\CC=CS1. The van der Waals surface area contributed by atoms with Gasteiger partial charge in [0.15, 0.2) is 0 Å². The Balaban J connectivity index is 2.51. The molecule has 0 bridgehead atoms. The second-order valence-corrected chi connectivity index (χ2v) is 2.17. The minimum Gasteiger partial charge on any atom is -0.410 e. The summed E-state index contributed by atoms with van der Waals surface area (Å²) in [6.07, 6.45) is 2.75. The molecule has 1 N–H and O–H groups in total. The van der Waals surface area contributed by atoms with Crippen molar-refractivity contribution in [2.75, 3.05) is 0 Å². The Bertz CT molecular complexity index is 109.